The van der Waals surface area contributed by atoms with Gasteiger partial charge in [-0.25, -0.2) is 4.98 Å². The Labute approximate surface area is 172 Å². The topological polar surface area (TPSA) is 90.7 Å². The molecule has 1 atom stereocenters. The first-order chi connectivity index (χ1) is 14.0. The molecule has 1 aliphatic carbocycles. The van der Waals surface area contributed by atoms with E-state index in [4.69, 9.17) is 9.47 Å². The van der Waals surface area contributed by atoms with Crippen molar-refractivity contribution in [1.82, 2.24) is 14.5 Å². The first-order valence-corrected chi connectivity index (χ1v) is 10.9. The van der Waals surface area contributed by atoms with Crippen molar-refractivity contribution in [3.63, 3.8) is 0 Å². The van der Waals surface area contributed by atoms with Gasteiger partial charge >= 0.3 is 5.97 Å². The smallest absolute Gasteiger partial charge is 0.308 e. The molecule has 0 unspecified atom stereocenters. The highest BCUT2D eigenvalue weighted by molar-refractivity contribution is 7.18. The minimum atomic E-state index is -0.846. The van der Waals surface area contributed by atoms with Crippen LogP contribution in [0.15, 0.2) is 11.1 Å². The second kappa shape index (κ2) is 8.62. The number of rotatable bonds is 5. The minimum absolute atomic E-state index is 0.0140. The number of aryl methyl sites for hydroxylation is 3. The summed E-state index contributed by atoms with van der Waals surface area (Å²) >= 11 is 1.60. The summed E-state index contributed by atoms with van der Waals surface area (Å²) in [6, 6.07) is 0. The number of morpholine rings is 1. The van der Waals surface area contributed by atoms with Gasteiger partial charge in [0.2, 0.25) is 0 Å². The first-order valence-electron chi connectivity index (χ1n) is 10.1. The lowest BCUT2D eigenvalue weighted by molar-refractivity contribution is -0.161. The number of fused-ring (bicyclic) bond motifs is 3. The Morgan fingerprint density at radius 2 is 2.03 bits per heavy atom. The predicted molar refractivity (Wildman–Crippen MR) is 108 cm³/mol. The van der Waals surface area contributed by atoms with Crippen molar-refractivity contribution in [2.75, 3.05) is 26.3 Å². The SMILES string of the molecule is C[C@@H](OC(=O)CCn1cnc2sc3c(c2c1=O)CCCC3)C(=O)N1CCOCC1. The fourth-order valence-corrected chi connectivity index (χ4v) is 5.12. The molecule has 1 saturated heterocycles. The highest BCUT2D eigenvalue weighted by Gasteiger charge is 2.25. The third-order valence-electron chi connectivity index (χ3n) is 5.48. The maximum Gasteiger partial charge on any atom is 0.308 e. The number of aromatic nitrogens is 2. The van der Waals surface area contributed by atoms with E-state index in [1.165, 1.54) is 15.8 Å². The molecule has 4 rings (SSSR count). The minimum Gasteiger partial charge on any atom is -0.452 e. The highest BCUT2D eigenvalue weighted by Crippen LogP contribution is 2.33. The maximum atomic E-state index is 12.9. The van der Waals surface area contributed by atoms with Crippen LogP contribution in [0.2, 0.25) is 0 Å². The lowest BCUT2D eigenvalue weighted by Gasteiger charge is -2.28. The molecule has 8 nitrogen and oxygen atoms in total. The molecule has 2 aliphatic rings. The standard InChI is InChI=1S/C20H25N3O5S/c1-13(19(25)22-8-10-27-11-9-22)28-16(24)6-7-23-12-21-18-17(20(23)26)14-4-2-3-5-15(14)29-18/h12-13H,2-11H2,1H3/t13-/m1/s1. The number of carbonyl (C=O) groups excluding carboxylic acids is 2. The zero-order chi connectivity index (χ0) is 20.4. The summed E-state index contributed by atoms with van der Waals surface area (Å²) < 4.78 is 12.0. The molecule has 0 spiro atoms. The summed E-state index contributed by atoms with van der Waals surface area (Å²) in [6.45, 7) is 3.77. The van der Waals surface area contributed by atoms with Gasteiger partial charge in [-0.15, -0.1) is 11.3 Å². The van der Waals surface area contributed by atoms with Gasteiger partial charge in [-0.1, -0.05) is 0 Å². The molecule has 0 radical (unpaired) electrons. The number of esters is 1. The molecule has 0 N–H and O–H groups in total. The van der Waals surface area contributed by atoms with Crippen LogP contribution in [0.1, 0.15) is 36.6 Å². The number of nitrogens with zero attached hydrogens (tertiary/aromatic N) is 3. The zero-order valence-electron chi connectivity index (χ0n) is 16.5. The van der Waals surface area contributed by atoms with Crippen molar-refractivity contribution in [3.05, 3.63) is 27.1 Å². The number of carbonyl (C=O) groups is 2. The van der Waals surface area contributed by atoms with Crippen LogP contribution >= 0.6 is 11.3 Å². The van der Waals surface area contributed by atoms with Gasteiger partial charge in [0.15, 0.2) is 6.10 Å². The van der Waals surface area contributed by atoms with Crippen LogP contribution in [0.5, 0.6) is 0 Å². The molecule has 0 saturated carbocycles. The van der Waals surface area contributed by atoms with Crippen LogP contribution in [-0.2, 0) is 38.4 Å². The Morgan fingerprint density at radius 1 is 1.28 bits per heavy atom. The first kappa shape index (κ1) is 20.0. The highest BCUT2D eigenvalue weighted by atomic mass is 32.1. The second-order valence-corrected chi connectivity index (χ2v) is 8.54. The van der Waals surface area contributed by atoms with Gasteiger partial charge in [0.1, 0.15) is 4.83 Å². The Balaban J connectivity index is 1.39. The molecule has 1 fully saturated rings. The second-order valence-electron chi connectivity index (χ2n) is 7.45. The van der Waals surface area contributed by atoms with Crippen molar-refractivity contribution in [2.45, 2.75) is 51.7 Å². The van der Waals surface area contributed by atoms with E-state index in [0.717, 1.165) is 36.1 Å². The fourth-order valence-electron chi connectivity index (χ4n) is 3.90. The number of ether oxygens (including phenoxy) is 2. The number of thiophene rings is 1. The van der Waals surface area contributed by atoms with E-state index in [0.29, 0.717) is 31.7 Å². The largest absolute Gasteiger partial charge is 0.452 e. The van der Waals surface area contributed by atoms with E-state index < -0.39 is 12.1 Å². The van der Waals surface area contributed by atoms with E-state index in [1.54, 1.807) is 23.2 Å². The summed E-state index contributed by atoms with van der Waals surface area (Å²) in [4.78, 5) is 45.6. The van der Waals surface area contributed by atoms with Crippen LogP contribution in [-0.4, -0.2) is 58.7 Å². The molecule has 156 valence electrons. The molecule has 2 aromatic rings. The van der Waals surface area contributed by atoms with Crippen LogP contribution in [0.25, 0.3) is 10.2 Å². The average molecular weight is 420 g/mol. The van der Waals surface area contributed by atoms with Crippen molar-refractivity contribution in [3.8, 4) is 0 Å². The Kier molecular flexibility index (Phi) is 5.96. The molecule has 1 amide bonds. The van der Waals surface area contributed by atoms with Crippen LogP contribution in [0.4, 0.5) is 0 Å². The summed E-state index contributed by atoms with van der Waals surface area (Å²) in [5.74, 6) is -0.717. The van der Waals surface area contributed by atoms with Gasteiger partial charge in [-0.05, 0) is 38.2 Å². The normalized spacial score (nSPS) is 17.8. The molecule has 3 heterocycles. The van der Waals surface area contributed by atoms with E-state index >= 15 is 0 Å². The summed E-state index contributed by atoms with van der Waals surface area (Å²) in [7, 11) is 0. The van der Waals surface area contributed by atoms with Gasteiger partial charge in [-0.3, -0.25) is 19.0 Å². The number of hydrogen-bond donors (Lipinski definition) is 0. The molecule has 2 aromatic heterocycles. The lowest BCUT2D eigenvalue weighted by Crippen LogP contribution is -2.46. The zero-order valence-corrected chi connectivity index (χ0v) is 17.3. The van der Waals surface area contributed by atoms with Gasteiger partial charge in [0.25, 0.3) is 11.5 Å². The molecule has 1 aliphatic heterocycles. The quantitative estimate of drug-likeness (QED) is 0.683. The third-order valence-corrected chi connectivity index (χ3v) is 6.68. The van der Waals surface area contributed by atoms with Crippen LogP contribution in [0, 0.1) is 0 Å². The summed E-state index contributed by atoms with van der Waals surface area (Å²) in [5.41, 5.74) is 1.04. The van der Waals surface area contributed by atoms with E-state index in [9.17, 15) is 14.4 Å². The van der Waals surface area contributed by atoms with Crippen molar-refractivity contribution < 1.29 is 19.1 Å². The van der Waals surface area contributed by atoms with Crippen molar-refractivity contribution in [1.29, 1.82) is 0 Å². The monoisotopic (exact) mass is 419 g/mol. The fraction of sp³-hybridized carbons (Fsp3) is 0.600. The van der Waals surface area contributed by atoms with E-state index in [2.05, 4.69) is 4.98 Å². The van der Waals surface area contributed by atoms with Crippen LogP contribution < -0.4 is 5.56 Å². The van der Waals surface area contributed by atoms with Gasteiger partial charge in [-0.2, -0.15) is 0 Å². The van der Waals surface area contributed by atoms with E-state index in [-0.39, 0.29) is 24.4 Å². The Bertz CT molecular complexity index is 976. The summed E-state index contributed by atoms with van der Waals surface area (Å²) in [5, 5.41) is 0.705. The molecule has 0 aromatic carbocycles. The Morgan fingerprint density at radius 3 is 2.83 bits per heavy atom. The summed E-state index contributed by atoms with van der Waals surface area (Å²) in [6.07, 6.45) is 4.84. The Hall–Kier alpha value is -2.26. The molecular weight excluding hydrogens is 394 g/mol. The van der Waals surface area contributed by atoms with Gasteiger partial charge in [0, 0.05) is 24.5 Å². The van der Waals surface area contributed by atoms with Gasteiger partial charge in [0.05, 0.1) is 31.3 Å². The molecule has 29 heavy (non-hydrogen) atoms. The molecule has 9 heteroatoms. The van der Waals surface area contributed by atoms with Crippen molar-refractivity contribution >= 4 is 33.4 Å². The number of amides is 1. The predicted octanol–water partition coefficient (Wildman–Crippen LogP) is 1.52. The average Bonchev–Trinajstić information content (AvgIpc) is 3.12. The third kappa shape index (κ3) is 4.20. The lowest BCUT2D eigenvalue weighted by atomic mass is 9.97. The van der Waals surface area contributed by atoms with Crippen molar-refractivity contribution in [2.24, 2.45) is 0 Å². The molecular formula is C20H25N3O5S. The molecule has 0 bridgehead atoms. The van der Waals surface area contributed by atoms with Gasteiger partial charge < -0.3 is 14.4 Å². The van der Waals surface area contributed by atoms with E-state index in [1.807, 2.05) is 0 Å². The maximum absolute atomic E-state index is 12.9. The van der Waals surface area contributed by atoms with Crippen LogP contribution in [0.3, 0.4) is 0 Å². The number of hydrogen-bond acceptors (Lipinski definition) is 7.